The lowest BCUT2D eigenvalue weighted by molar-refractivity contribution is -0.119. The van der Waals surface area contributed by atoms with Gasteiger partial charge in [-0.2, -0.15) is 0 Å². The molecule has 2 heterocycles. The second-order valence-corrected chi connectivity index (χ2v) is 7.82. The maximum atomic E-state index is 13.0. The van der Waals surface area contributed by atoms with Crippen LogP contribution >= 0.6 is 11.3 Å². The first-order chi connectivity index (χ1) is 13.5. The molecule has 0 saturated carbocycles. The first kappa shape index (κ1) is 19.8. The highest BCUT2D eigenvalue weighted by Gasteiger charge is 2.25. The molecule has 0 unspecified atom stereocenters. The number of hydrogen-bond acceptors (Lipinski definition) is 5. The molecule has 0 bridgehead atoms. The van der Waals surface area contributed by atoms with E-state index in [0.717, 1.165) is 5.56 Å². The van der Waals surface area contributed by atoms with E-state index in [1.54, 1.807) is 0 Å². The molecule has 1 amide bonds. The molecule has 0 spiro atoms. The van der Waals surface area contributed by atoms with E-state index in [-0.39, 0.29) is 17.6 Å². The number of nitrogens with zero attached hydrogens (tertiary/aromatic N) is 2. The minimum Gasteiger partial charge on any atom is -0.464 e. The number of ether oxygens (including phenoxy) is 1. The summed E-state index contributed by atoms with van der Waals surface area (Å²) in [7, 11) is 1.32. The number of amides is 1. The molecule has 1 N–H and O–H groups in total. The number of carbonyl (C=O) groups excluding carboxylic acids is 2. The molecule has 0 aliphatic heterocycles. The Labute approximate surface area is 168 Å². The lowest BCUT2D eigenvalue weighted by Crippen LogP contribution is -2.26. The summed E-state index contributed by atoms with van der Waals surface area (Å²) in [6, 6.07) is 12.9. The molecular weight excluding hydrogens is 374 g/mol. The fourth-order valence-electron chi connectivity index (χ4n) is 2.95. The van der Waals surface area contributed by atoms with Crippen LogP contribution in [0.1, 0.15) is 36.8 Å². The predicted octanol–water partition coefficient (Wildman–Crippen LogP) is 4.62. The van der Waals surface area contributed by atoms with Crippen molar-refractivity contribution in [3.63, 3.8) is 0 Å². The summed E-state index contributed by atoms with van der Waals surface area (Å²) in [5.74, 6) is -0.339. The minimum absolute atomic E-state index is 0.158. The van der Waals surface area contributed by atoms with E-state index in [0.29, 0.717) is 22.3 Å². The molecule has 1 atom stereocenters. The van der Waals surface area contributed by atoms with Gasteiger partial charge in [-0.3, -0.25) is 4.79 Å². The standard InChI is InChI=1S/C21H23N3O3S/c1-14(2)13-16(24-11-7-8-12-24)19(25)23-21-22-17(20(26)27-3)18(28-21)15-9-5-4-6-10-15/h4-12,14,16H,13H2,1-3H3,(H,22,23,25)/t16-/m0/s1. The number of thiazole rings is 1. The quantitative estimate of drug-likeness (QED) is 0.590. The molecule has 0 fully saturated rings. The molecular formula is C21H23N3O3S. The zero-order valence-corrected chi connectivity index (χ0v) is 16.9. The molecule has 3 aromatic rings. The van der Waals surface area contributed by atoms with Crippen LogP contribution in [0.3, 0.4) is 0 Å². The number of anilines is 1. The van der Waals surface area contributed by atoms with Crippen LogP contribution < -0.4 is 5.32 Å². The summed E-state index contributed by atoms with van der Waals surface area (Å²) in [6.07, 6.45) is 4.45. The SMILES string of the molecule is COC(=O)c1nc(NC(=O)[C@H](CC(C)C)n2cccc2)sc1-c1ccccc1. The maximum Gasteiger partial charge on any atom is 0.358 e. The number of esters is 1. The number of nitrogens with one attached hydrogen (secondary N) is 1. The zero-order chi connectivity index (χ0) is 20.1. The predicted molar refractivity (Wildman–Crippen MR) is 110 cm³/mol. The number of benzene rings is 1. The van der Waals surface area contributed by atoms with Crippen LogP contribution in [-0.4, -0.2) is 28.5 Å². The van der Waals surface area contributed by atoms with Crippen molar-refractivity contribution >= 4 is 28.3 Å². The summed E-state index contributed by atoms with van der Waals surface area (Å²) in [6.45, 7) is 4.16. The van der Waals surface area contributed by atoms with Gasteiger partial charge >= 0.3 is 5.97 Å². The van der Waals surface area contributed by atoms with E-state index in [9.17, 15) is 9.59 Å². The molecule has 0 radical (unpaired) electrons. The fraction of sp³-hybridized carbons (Fsp3) is 0.286. The normalized spacial score (nSPS) is 12.0. The van der Waals surface area contributed by atoms with Crippen LogP contribution in [0, 0.1) is 5.92 Å². The van der Waals surface area contributed by atoms with E-state index in [1.807, 2.05) is 59.4 Å². The monoisotopic (exact) mass is 397 g/mol. The Morgan fingerprint density at radius 2 is 1.82 bits per heavy atom. The lowest BCUT2D eigenvalue weighted by Gasteiger charge is -2.19. The molecule has 0 aliphatic carbocycles. The van der Waals surface area contributed by atoms with Crippen LogP contribution in [0.2, 0.25) is 0 Å². The highest BCUT2D eigenvalue weighted by atomic mass is 32.1. The Morgan fingerprint density at radius 3 is 2.43 bits per heavy atom. The van der Waals surface area contributed by atoms with Crippen LogP contribution in [0.15, 0.2) is 54.9 Å². The molecule has 146 valence electrons. The van der Waals surface area contributed by atoms with Gasteiger partial charge in [0.2, 0.25) is 5.91 Å². The van der Waals surface area contributed by atoms with Crippen molar-refractivity contribution in [2.75, 3.05) is 12.4 Å². The van der Waals surface area contributed by atoms with Gasteiger partial charge in [0, 0.05) is 12.4 Å². The van der Waals surface area contributed by atoms with Gasteiger partial charge in [-0.25, -0.2) is 9.78 Å². The number of carbonyl (C=O) groups is 2. The van der Waals surface area contributed by atoms with Gasteiger partial charge in [-0.15, -0.1) is 0 Å². The molecule has 0 saturated heterocycles. The highest BCUT2D eigenvalue weighted by molar-refractivity contribution is 7.19. The summed E-state index contributed by atoms with van der Waals surface area (Å²) >= 11 is 1.27. The van der Waals surface area contributed by atoms with Gasteiger partial charge in [0.1, 0.15) is 6.04 Å². The highest BCUT2D eigenvalue weighted by Crippen LogP contribution is 2.34. The Morgan fingerprint density at radius 1 is 1.14 bits per heavy atom. The van der Waals surface area contributed by atoms with E-state index < -0.39 is 5.97 Å². The van der Waals surface area contributed by atoms with E-state index >= 15 is 0 Å². The average Bonchev–Trinajstić information content (AvgIpc) is 3.36. The number of hydrogen-bond donors (Lipinski definition) is 1. The number of rotatable bonds is 7. The summed E-state index contributed by atoms with van der Waals surface area (Å²) in [5, 5.41) is 3.26. The molecule has 7 heteroatoms. The van der Waals surface area contributed by atoms with Crippen molar-refractivity contribution in [1.82, 2.24) is 9.55 Å². The Bertz CT molecular complexity index is 933. The van der Waals surface area contributed by atoms with Crippen molar-refractivity contribution in [3.05, 3.63) is 60.6 Å². The van der Waals surface area contributed by atoms with E-state index in [1.165, 1.54) is 18.4 Å². The third-order valence-electron chi connectivity index (χ3n) is 4.26. The van der Waals surface area contributed by atoms with Gasteiger partial charge in [-0.1, -0.05) is 55.5 Å². The van der Waals surface area contributed by atoms with Gasteiger partial charge < -0.3 is 14.6 Å². The Balaban J connectivity index is 1.90. The van der Waals surface area contributed by atoms with Crippen LogP contribution in [0.25, 0.3) is 10.4 Å². The maximum absolute atomic E-state index is 13.0. The van der Waals surface area contributed by atoms with E-state index in [4.69, 9.17) is 4.74 Å². The smallest absolute Gasteiger partial charge is 0.358 e. The largest absolute Gasteiger partial charge is 0.464 e. The van der Waals surface area contributed by atoms with Gasteiger partial charge in [0.25, 0.3) is 0 Å². The zero-order valence-electron chi connectivity index (χ0n) is 16.1. The molecule has 28 heavy (non-hydrogen) atoms. The third-order valence-corrected chi connectivity index (χ3v) is 5.28. The van der Waals surface area contributed by atoms with Crippen molar-refractivity contribution in [1.29, 1.82) is 0 Å². The number of aromatic nitrogens is 2. The molecule has 3 rings (SSSR count). The van der Waals surface area contributed by atoms with Crippen LogP contribution in [0.5, 0.6) is 0 Å². The molecule has 6 nitrogen and oxygen atoms in total. The second kappa shape index (κ2) is 8.84. The van der Waals surface area contributed by atoms with Crippen LogP contribution in [0.4, 0.5) is 5.13 Å². The van der Waals surface area contributed by atoms with Crippen molar-refractivity contribution in [2.24, 2.45) is 5.92 Å². The lowest BCUT2D eigenvalue weighted by atomic mass is 10.0. The first-order valence-electron chi connectivity index (χ1n) is 9.07. The van der Waals surface area contributed by atoms with Crippen molar-refractivity contribution < 1.29 is 14.3 Å². The Kier molecular flexibility index (Phi) is 6.26. The summed E-state index contributed by atoms with van der Waals surface area (Å²) < 4.78 is 6.76. The fourth-order valence-corrected chi connectivity index (χ4v) is 3.91. The summed E-state index contributed by atoms with van der Waals surface area (Å²) in [5.41, 5.74) is 1.06. The molecule has 1 aromatic carbocycles. The summed E-state index contributed by atoms with van der Waals surface area (Å²) in [4.78, 5) is 30.2. The minimum atomic E-state index is -0.528. The van der Waals surface area contributed by atoms with Crippen molar-refractivity contribution in [3.8, 4) is 10.4 Å². The average molecular weight is 398 g/mol. The number of methoxy groups -OCH3 is 1. The van der Waals surface area contributed by atoms with Crippen LogP contribution in [-0.2, 0) is 9.53 Å². The first-order valence-corrected chi connectivity index (χ1v) is 9.89. The third kappa shape index (κ3) is 4.48. The van der Waals surface area contributed by atoms with Crippen molar-refractivity contribution in [2.45, 2.75) is 26.3 Å². The van der Waals surface area contributed by atoms with E-state index in [2.05, 4.69) is 24.1 Å². The topological polar surface area (TPSA) is 73.2 Å². The van der Waals surface area contributed by atoms with Gasteiger partial charge in [-0.05, 0) is 30.0 Å². The Hall–Kier alpha value is -2.93. The molecule has 0 aliphatic rings. The van der Waals surface area contributed by atoms with Gasteiger partial charge in [0.05, 0.1) is 12.0 Å². The van der Waals surface area contributed by atoms with Gasteiger partial charge in [0.15, 0.2) is 10.8 Å². The second-order valence-electron chi connectivity index (χ2n) is 6.82. The molecule has 2 aromatic heterocycles.